The van der Waals surface area contributed by atoms with Gasteiger partial charge in [-0.1, -0.05) is 74.0 Å². The molecule has 2 bridgehead atoms. The van der Waals surface area contributed by atoms with Crippen molar-refractivity contribution in [2.75, 3.05) is 44.4 Å². The molecule has 6 heteroatoms. The molecule has 0 aromatic heterocycles. The van der Waals surface area contributed by atoms with Crippen LogP contribution >= 0.6 is 11.6 Å². The van der Waals surface area contributed by atoms with Crippen molar-refractivity contribution in [2.45, 2.75) is 57.8 Å². The van der Waals surface area contributed by atoms with Crippen molar-refractivity contribution in [3.8, 4) is 0 Å². The number of nitrogens with zero attached hydrogens (tertiary/aromatic N) is 2. The van der Waals surface area contributed by atoms with Crippen molar-refractivity contribution in [3.63, 3.8) is 0 Å². The summed E-state index contributed by atoms with van der Waals surface area (Å²) in [6.45, 7) is 13.3. The quantitative estimate of drug-likeness (QED) is 0.288. The molecule has 0 fully saturated rings. The molecular formula is C36H42ClIN2O2. The minimum absolute atomic E-state index is 0. The SMILES string of the molecule is CC1(C)C2=[N+](CCOCCOCCN3/C(=C/C=C4\CCCC(=C4Cl)/C=C/2)C(C)(C)c2ccccc23)c2ccccc21.[I-]. The van der Waals surface area contributed by atoms with Crippen molar-refractivity contribution in [2.24, 2.45) is 0 Å². The highest BCUT2D eigenvalue weighted by molar-refractivity contribution is 6.32. The van der Waals surface area contributed by atoms with Crippen LogP contribution in [-0.4, -0.2) is 49.8 Å². The summed E-state index contributed by atoms with van der Waals surface area (Å²) in [4.78, 5) is 2.42. The van der Waals surface area contributed by atoms with Crippen LogP contribution in [0.15, 0.2) is 94.7 Å². The molecule has 0 saturated heterocycles. The standard InChI is InChI=1S/C36H42ClN2O2.HI/c1-35(2)28-12-5-7-14-30(28)38-20-22-40-24-25-41-23-21-39-31-15-8-6-13-29(31)36(3,4)33(39)19-17-27-11-9-10-26(34(27)37)16-18-32(35)38;/h5-8,12-19H,9-11,20-25H2,1-4H3;1H/q+1;/p-1. The third-order valence-electron chi connectivity index (χ3n) is 9.23. The van der Waals surface area contributed by atoms with Gasteiger partial charge in [0.05, 0.1) is 25.2 Å². The summed E-state index contributed by atoms with van der Waals surface area (Å²) in [5, 5.41) is 0.897. The number of anilines is 1. The predicted octanol–water partition coefficient (Wildman–Crippen LogP) is 4.95. The molecule has 222 valence electrons. The lowest BCUT2D eigenvalue weighted by Crippen LogP contribution is -3.00. The molecule has 0 saturated carbocycles. The minimum Gasteiger partial charge on any atom is -1.00 e. The Morgan fingerprint density at radius 3 is 2.31 bits per heavy atom. The minimum atomic E-state index is -0.105. The molecule has 0 N–H and O–H groups in total. The summed E-state index contributed by atoms with van der Waals surface area (Å²) in [5.74, 6) is 0. The third-order valence-corrected chi connectivity index (χ3v) is 9.72. The number of fused-ring (bicyclic) bond motifs is 6. The number of halogens is 2. The molecule has 0 spiro atoms. The lowest BCUT2D eigenvalue weighted by Gasteiger charge is -2.27. The number of benzene rings is 2. The molecule has 0 amide bonds. The Labute approximate surface area is 273 Å². The van der Waals surface area contributed by atoms with Crippen LogP contribution in [-0.2, 0) is 20.3 Å². The van der Waals surface area contributed by atoms with Crippen molar-refractivity contribution >= 4 is 28.7 Å². The van der Waals surface area contributed by atoms with Crippen LogP contribution in [0.3, 0.4) is 0 Å². The van der Waals surface area contributed by atoms with Gasteiger partial charge in [0, 0.05) is 46.1 Å². The van der Waals surface area contributed by atoms with E-state index in [0.29, 0.717) is 26.4 Å². The molecular weight excluding hydrogens is 655 g/mol. The summed E-state index contributed by atoms with van der Waals surface area (Å²) >= 11 is 7.14. The van der Waals surface area contributed by atoms with Gasteiger partial charge < -0.3 is 38.4 Å². The summed E-state index contributed by atoms with van der Waals surface area (Å²) in [5.41, 5.74) is 10.0. The molecule has 0 atom stereocenters. The maximum Gasteiger partial charge on any atom is 0.209 e. The van der Waals surface area contributed by atoms with Crippen LogP contribution in [0.1, 0.15) is 58.1 Å². The molecule has 2 aromatic rings. The Morgan fingerprint density at radius 2 is 1.50 bits per heavy atom. The van der Waals surface area contributed by atoms with E-state index in [9.17, 15) is 0 Å². The maximum absolute atomic E-state index is 7.14. The van der Waals surface area contributed by atoms with Gasteiger partial charge >= 0.3 is 0 Å². The number of ether oxygens (including phenoxy) is 2. The molecule has 2 aromatic carbocycles. The summed E-state index contributed by atoms with van der Waals surface area (Å²) in [6.07, 6.45) is 12.2. The summed E-state index contributed by atoms with van der Waals surface area (Å²) in [6, 6.07) is 17.5. The van der Waals surface area contributed by atoms with E-state index in [4.69, 9.17) is 21.1 Å². The number of para-hydroxylation sites is 2. The molecule has 0 radical (unpaired) electrons. The first kappa shape index (κ1) is 31.2. The highest BCUT2D eigenvalue weighted by Crippen LogP contribution is 2.48. The maximum atomic E-state index is 7.14. The fraction of sp³-hybridized carbons (Fsp3) is 0.417. The van der Waals surface area contributed by atoms with Gasteiger partial charge in [0.1, 0.15) is 6.61 Å². The van der Waals surface area contributed by atoms with Crippen LogP contribution in [0.4, 0.5) is 11.4 Å². The van der Waals surface area contributed by atoms with E-state index in [0.717, 1.165) is 37.4 Å². The lowest BCUT2D eigenvalue weighted by molar-refractivity contribution is -0.442. The lowest BCUT2D eigenvalue weighted by atomic mass is 9.81. The van der Waals surface area contributed by atoms with E-state index in [-0.39, 0.29) is 34.8 Å². The Morgan fingerprint density at radius 1 is 0.786 bits per heavy atom. The monoisotopic (exact) mass is 696 g/mol. The van der Waals surface area contributed by atoms with Crippen LogP contribution in [0, 0.1) is 0 Å². The second kappa shape index (κ2) is 12.8. The van der Waals surface area contributed by atoms with Crippen LogP contribution in [0.5, 0.6) is 0 Å². The van der Waals surface area contributed by atoms with Crippen molar-refractivity contribution in [1.29, 1.82) is 0 Å². The molecule has 1 aliphatic carbocycles. The molecule has 6 rings (SSSR count). The zero-order chi connectivity index (χ0) is 28.6. The van der Waals surface area contributed by atoms with Crippen molar-refractivity contribution in [1.82, 2.24) is 0 Å². The van der Waals surface area contributed by atoms with Gasteiger partial charge in [-0.05, 0) is 62.0 Å². The number of allylic oxidation sites excluding steroid dienone is 8. The number of hydrogen-bond donors (Lipinski definition) is 0. The van der Waals surface area contributed by atoms with Gasteiger partial charge in [-0.3, -0.25) is 0 Å². The van der Waals surface area contributed by atoms with Crippen LogP contribution in [0.2, 0.25) is 0 Å². The Kier molecular flexibility index (Phi) is 9.53. The van der Waals surface area contributed by atoms with Gasteiger partial charge in [-0.2, -0.15) is 4.58 Å². The first-order valence-corrected chi connectivity index (χ1v) is 15.4. The van der Waals surface area contributed by atoms with Gasteiger partial charge in [0.15, 0.2) is 12.3 Å². The van der Waals surface area contributed by atoms with Gasteiger partial charge in [0.2, 0.25) is 5.69 Å². The van der Waals surface area contributed by atoms with Crippen LogP contribution < -0.4 is 28.9 Å². The smallest absolute Gasteiger partial charge is 0.209 e. The molecule has 42 heavy (non-hydrogen) atoms. The van der Waals surface area contributed by atoms with Gasteiger partial charge in [-0.25, -0.2) is 0 Å². The molecule has 0 unspecified atom stereocenters. The van der Waals surface area contributed by atoms with Crippen LogP contribution in [0.25, 0.3) is 0 Å². The Hall–Kier alpha value is -2.19. The summed E-state index contributed by atoms with van der Waals surface area (Å²) < 4.78 is 14.6. The highest BCUT2D eigenvalue weighted by atomic mass is 127. The zero-order valence-corrected chi connectivity index (χ0v) is 28.2. The van der Waals surface area contributed by atoms with Gasteiger partial charge in [-0.15, -0.1) is 0 Å². The molecule has 4 aliphatic rings. The van der Waals surface area contributed by atoms with E-state index >= 15 is 0 Å². The van der Waals surface area contributed by atoms with E-state index in [2.05, 4.69) is 110 Å². The average molecular weight is 697 g/mol. The highest BCUT2D eigenvalue weighted by Gasteiger charge is 2.44. The first-order chi connectivity index (χ1) is 19.8. The molecule has 4 nitrogen and oxygen atoms in total. The van der Waals surface area contributed by atoms with E-state index < -0.39 is 0 Å². The number of hydrogen-bond acceptors (Lipinski definition) is 3. The zero-order valence-electron chi connectivity index (χ0n) is 25.3. The topological polar surface area (TPSA) is 24.7 Å². The second-order valence-corrected chi connectivity index (χ2v) is 12.8. The van der Waals surface area contributed by atoms with E-state index in [1.54, 1.807) is 0 Å². The normalized spacial score (nSPS) is 25.2. The Bertz CT molecular complexity index is 1500. The largest absolute Gasteiger partial charge is 1.00 e. The van der Waals surface area contributed by atoms with Gasteiger partial charge in [0.25, 0.3) is 0 Å². The summed E-state index contributed by atoms with van der Waals surface area (Å²) in [7, 11) is 0. The average Bonchev–Trinajstić information content (AvgIpc) is 3.31. The first-order valence-electron chi connectivity index (χ1n) is 15.1. The fourth-order valence-electron chi connectivity index (χ4n) is 6.96. The van der Waals surface area contributed by atoms with E-state index in [1.807, 2.05) is 0 Å². The van der Waals surface area contributed by atoms with Crippen molar-refractivity contribution < 1.29 is 38.0 Å². The second-order valence-electron chi connectivity index (χ2n) is 12.5. The third kappa shape index (κ3) is 5.70. The number of rotatable bonds is 0. The Balaban J connectivity index is 0.00000353. The molecule has 3 aliphatic heterocycles. The van der Waals surface area contributed by atoms with Crippen molar-refractivity contribution in [3.05, 3.63) is 106 Å². The predicted molar refractivity (Wildman–Crippen MR) is 170 cm³/mol. The van der Waals surface area contributed by atoms with E-state index in [1.165, 1.54) is 45.1 Å². The molecule has 3 heterocycles. The fourth-order valence-corrected chi connectivity index (χ4v) is 7.28.